The number of pyridine rings is 1. The fraction of sp³-hybridized carbons (Fsp3) is 0.500. The molecule has 0 unspecified atom stereocenters. The van der Waals surface area contributed by atoms with Gasteiger partial charge in [0.15, 0.2) is 0 Å². The van der Waals surface area contributed by atoms with Crippen molar-refractivity contribution in [1.29, 1.82) is 0 Å². The van der Waals surface area contributed by atoms with E-state index in [2.05, 4.69) is 19.9 Å². The van der Waals surface area contributed by atoms with Crippen LogP contribution < -0.4 is 5.56 Å². The molecule has 2 amide bonds. The van der Waals surface area contributed by atoms with Gasteiger partial charge in [0.25, 0.3) is 5.91 Å². The van der Waals surface area contributed by atoms with Crippen molar-refractivity contribution in [3.05, 3.63) is 52.0 Å². The molecule has 1 saturated heterocycles. The van der Waals surface area contributed by atoms with Crippen LogP contribution in [0, 0.1) is 5.92 Å². The molecule has 146 valence electrons. The summed E-state index contributed by atoms with van der Waals surface area (Å²) >= 11 is 0. The van der Waals surface area contributed by atoms with Crippen molar-refractivity contribution in [2.75, 3.05) is 19.6 Å². The van der Waals surface area contributed by atoms with Crippen LogP contribution in [0.3, 0.4) is 0 Å². The number of hydrogen-bond donors (Lipinski definition) is 2. The molecule has 2 aromatic rings. The number of amides is 2. The van der Waals surface area contributed by atoms with E-state index in [1.165, 1.54) is 12.3 Å². The van der Waals surface area contributed by atoms with Gasteiger partial charge in [0, 0.05) is 49.9 Å². The Morgan fingerprint density at radius 3 is 2.57 bits per heavy atom. The Morgan fingerprint density at radius 1 is 1.11 bits per heavy atom. The van der Waals surface area contributed by atoms with Gasteiger partial charge in [0.1, 0.15) is 0 Å². The number of H-pyrrole nitrogens is 2. The van der Waals surface area contributed by atoms with Crippen LogP contribution in [-0.4, -0.2) is 56.2 Å². The van der Waals surface area contributed by atoms with Crippen molar-refractivity contribution in [2.45, 2.75) is 37.6 Å². The van der Waals surface area contributed by atoms with Crippen molar-refractivity contribution in [2.24, 2.45) is 5.92 Å². The van der Waals surface area contributed by atoms with E-state index in [9.17, 15) is 14.4 Å². The average Bonchev–Trinajstić information content (AvgIpc) is 3.45. The van der Waals surface area contributed by atoms with Gasteiger partial charge in [-0.3, -0.25) is 14.4 Å². The van der Waals surface area contributed by atoms with E-state index in [-0.39, 0.29) is 23.3 Å². The number of hydrogen-bond acceptors (Lipinski definition) is 4. The van der Waals surface area contributed by atoms with E-state index in [0.717, 1.165) is 30.7 Å². The Labute approximate surface area is 162 Å². The predicted molar refractivity (Wildman–Crippen MR) is 101 cm³/mol. The third kappa shape index (κ3) is 2.66. The second kappa shape index (κ2) is 6.32. The zero-order chi connectivity index (χ0) is 19.3. The standard InChI is InChI=1S/C20H23N5O3/c26-16-4-3-14(11-21-16)18(27)24-9-6-20(7-10-24)17-15(22-12-23-17)5-8-25(20)19(28)13-1-2-13/h3-4,11-13H,1-2,5-10H2,(H,21,26)(H,22,23). The van der Waals surface area contributed by atoms with E-state index in [1.54, 1.807) is 17.3 Å². The molecule has 2 aromatic heterocycles. The van der Waals surface area contributed by atoms with Crippen molar-refractivity contribution in [3.63, 3.8) is 0 Å². The number of carbonyl (C=O) groups is 2. The maximum atomic E-state index is 13.0. The third-order valence-electron chi connectivity index (χ3n) is 6.36. The van der Waals surface area contributed by atoms with E-state index >= 15 is 0 Å². The number of piperidine rings is 1. The minimum Gasteiger partial charge on any atom is -0.348 e. The summed E-state index contributed by atoms with van der Waals surface area (Å²) < 4.78 is 0. The van der Waals surface area contributed by atoms with Crippen LogP contribution in [0.25, 0.3) is 0 Å². The predicted octanol–water partition coefficient (Wildman–Crippen LogP) is 1.02. The molecule has 4 heterocycles. The molecule has 1 spiro atoms. The van der Waals surface area contributed by atoms with Crippen molar-refractivity contribution < 1.29 is 9.59 Å². The van der Waals surface area contributed by atoms with E-state index in [0.29, 0.717) is 38.0 Å². The molecule has 1 saturated carbocycles. The molecule has 0 aromatic carbocycles. The Bertz CT molecular complexity index is 961. The Hall–Kier alpha value is -2.90. The van der Waals surface area contributed by atoms with Crippen LogP contribution in [0.5, 0.6) is 0 Å². The van der Waals surface area contributed by atoms with Crippen LogP contribution in [0.4, 0.5) is 0 Å². The number of aromatic nitrogens is 3. The van der Waals surface area contributed by atoms with Gasteiger partial charge in [-0.05, 0) is 31.7 Å². The first kappa shape index (κ1) is 17.2. The van der Waals surface area contributed by atoms with Gasteiger partial charge >= 0.3 is 0 Å². The molecule has 2 N–H and O–H groups in total. The molecule has 5 rings (SSSR count). The fourth-order valence-corrected chi connectivity index (χ4v) is 4.66. The first-order valence-electron chi connectivity index (χ1n) is 9.91. The number of nitrogens with one attached hydrogen (secondary N) is 2. The van der Waals surface area contributed by atoms with Crippen LogP contribution in [-0.2, 0) is 16.8 Å². The monoisotopic (exact) mass is 381 g/mol. The highest BCUT2D eigenvalue weighted by atomic mass is 16.2. The smallest absolute Gasteiger partial charge is 0.255 e. The molecular weight excluding hydrogens is 358 g/mol. The lowest BCUT2D eigenvalue weighted by Gasteiger charge is -2.50. The van der Waals surface area contributed by atoms with Gasteiger partial charge in [-0.2, -0.15) is 0 Å². The van der Waals surface area contributed by atoms with Crippen molar-refractivity contribution in [3.8, 4) is 0 Å². The van der Waals surface area contributed by atoms with Gasteiger partial charge < -0.3 is 19.8 Å². The number of aromatic amines is 2. The van der Waals surface area contributed by atoms with E-state index in [4.69, 9.17) is 0 Å². The van der Waals surface area contributed by atoms with Crippen LogP contribution >= 0.6 is 0 Å². The number of likely N-dealkylation sites (tertiary alicyclic amines) is 1. The normalized spacial score (nSPS) is 20.9. The second-order valence-corrected chi connectivity index (χ2v) is 8.01. The molecule has 0 atom stereocenters. The molecule has 1 aliphatic carbocycles. The Kier molecular flexibility index (Phi) is 3.89. The highest BCUT2D eigenvalue weighted by Gasteiger charge is 2.51. The lowest BCUT2D eigenvalue weighted by Crippen LogP contribution is -2.59. The summed E-state index contributed by atoms with van der Waals surface area (Å²) in [5.74, 6) is 0.316. The van der Waals surface area contributed by atoms with Gasteiger partial charge in [-0.1, -0.05) is 0 Å². The topological polar surface area (TPSA) is 102 Å². The van der Waals surface area contributed by atoms with Crippen LogP contribution in [0.15, 0.2) is 29.5 Å². The molecule has 8 heteroatoms. The van der Waals surface area contributed by atoms with Gasteiger partial charge in [-0.15, -0.1) is 0 Å². The molecule has 0 bridgehead atoms. The SMILES string of the molecule is O=C(c1ccc(=O)[nH]c1)N1CCC2(CC1)c1nc[nH]c1CCN2C(=O)C1CC1. The largest absolute Gasteiger partial charge is 0.348 e. The second-order valence-electron chi connectivity index (χ2n) is 8.01. The molecule has 2 fully saturated rings. The highest BCUT2D eigenvalue weighted by molar-refractivity contribution is 5.94. The summed E-state index contributed by atoms with van der Waals surface area (Å²) in [6, 6.07) is 2.92. The summed E-state index contributed by atoms with van der Waals surface area (Å²) in [6.07, 6.45) is 7.30. The van der Waals surface area contributed by atoms with Crippen LogP contribution in [0.1, 0.15) is 47.4 Å². The maximum absolute atomic E-state index is 13.0. The lowest BCUT2D eigenvalue weighted by molar-refractivity contribution is -0.143. The molecule has 3 aliphatic rings. The minimum atomic E-state index is -0.422. The van der Waals surface area contributed by atoms with Crippen molar-refractivity contribution in [1.82, 2.24) is 24.8 Å². The van der Waals surface area contributed by atoms with Crippen LogP contribution in [0.2, 0.25) is 0 Å². The number of rotatable bonds is 2. The Balaban J connectivity index is 1.40. The van der Waals surface area contributed by atoms with Crippen molar-refractivity contribution >= 4 is 11.8 Å². The quantitative estimate of drug-likeness (QED) is 0.811. The summed E-state index contributed by atoms with van der Waals surface area (Å²) in [6.45, 7) is 1.82. The average molecular weight is 381 g/mol. The molecule has 8 nitrogen and oxygen atoms in total. The fourth-order valence-electron chi connectivity index (χ4n) is 4.66. The number of imidazole rings is 1. The summed E-state index contributed by atoms with van der Waals surface area (Å²) in [5, 5.41) is 0. The Morgan fingerprint density at radius 2 is 1.89 bits per heavy atom. The van der Waals surface area contributed by atoms with E-state index < -0.39 is 5.54 Å². The summed E-state index contributed by atoms with van der Waals surface area (Å²) in [5.41, 5.74) is 1.92. The molecule has 2 aliphatic heterocycles. The zero-order valence-electron chi connectivity index (χ0n) is 15.6. The van der Waals surface area contributed by atoms with Gasteiger partial charge in [0.05, 0.1) is 23.1 Å². The summed E-state index contributed by atoms with van der Waals surface area (Å²) in [4.78, 5) is 51.3. The summed E-state index contributed by atoms with van der Waals surface area (Å²) in [7, 11) is 0. The first-order valence-corrected chi connectivity index (χ1v) is 9.91. The minimum absolute atomic E-state index is 0.0933. The molecular formula is C20H23N5O3. The van der Waals surface area contributed by atoms with E-state index in [1.807, 2.05) is 0 Å². The molecule has 0 radical (unpaired) electrons. The van der Waals surface area contributed by atoms with Gasteiger partial charge in [-0.25, -0.2) is 4.98 Å². The maximum Gasteiger partial charge on any atom is 0.255 e. The van der Waals surface area contributed by atoms with Gasteiger partial charge in [0.2, 0.25) is 11.5 Å². The number of carbonyl (C=O) groups excluding carboxylic acids is 2. The highest BCUT2D eigenvalue weighted by Crippen LogP contribution is 2.45. The number of fused-ring (bicyclic) bond motifs is 2. The molecule has 28 heavy (non-hydrogen) atoms. The third-order valence-corrected chi connectivity index (χ3v) is 6.36. The lowest BCUT2D eigenvalue weighted by atomic mass is 9.78. The number of nitrogens with zero attached hydrogens (tertiary/aromatic N) is 3. The first-order chi connectivity index (χ1) is 13.6. The zero-order valence-corrected chi connectivity index (χ0v) is 15.6.